The summed E-state index contributed by atoms with van der Waals surface area (Å²) in [6.45, 7) is 4.62. The Kier molecular flexibility index (Phi) is 3.69. The van der Waals surface area contributed by atoms with Crippen LogP contribution in [-0.4, -0.2) is 43.7 Å². The quantitative estimate of drug-likeness (QED) is 0.698. The van der Waals surface area contributed by atoms with Crippen LogP contribution in [0.2, 0.25) is 0 Å². The number of esters is 2. The fraction of sp³-hybridized carbons (Fsp3) is 0.857. The summed E-state index contributed by atoms with van der Waals surface area (Å²) in [4.78, 5) is 23.6. The van der Waals surface area contributed by atoms with Crippen LogP contribution in [-0.2, 0) is 28.5 Å². The number of rotatable bonds is 5. The molecule has 2 bridgehead atoms. The predicted molar refractivity (Wildman–Crippen MR) is 66.5 cm³/mol. The minimum atomic E-state index is -0.327. The first-order valence-corrected chi connectivity index (χ1v) is 7.28. The third-order valence-corrected chi connectivity index (χ3v) is 4.45. The molecule has 2 heterocycles. The molecule has 3 fully saturated rings. The highest BCUT2D eigenvalue weighted by Crippen LogP contribution is 2.54. The summed E-state index contributed by atoms with van der Waals surface area (Å²) in [6.07, 6.45) is 0.220. The number of hydrogen-bond acceptors (Lipinski definition) is 6. The lowest BCUT2D eigenvalue weighted by Gasteiger charge is -2.22. The lowest BCUT2D eigenvalue weighted by atomic mass is 9.87. The van der Waals surface area contributed by atoms with Crippen LogP contribution in [0.25, 0.3) is 0 Å². The molecule has 0 amide bonds. The molecule has 6 nitrogen and oxygen atoms in total. The van der Waals surface area contributed by atoms with Gasteiger partial charge in [0.15, 0.2) is 6.29 Å². The van der Waals surface area contributed by atoms with E-state index in [-0.39, 0.29) is 54.6 Å². The van der Waals surface area contributed by atoms with Gasteiger partial charge in [0, 0.05) is 24.9 Å². The number of hydrogen-bond donors (Lipinski definition) is 0. The van der Waals surface area contributed by atoms with Gasteiger partial charge in [-0.1, -0.05) is 0 Å². The molecule has 6 heteroatoms. The third kappa shape index (κ3) is 2.11. The second-order valence-corrected chi connectivity index (χ2v) is 5.49. The van der Waals surface area contributed by atoms with Gasteiger partial charge in [-0.25, -0.2) is 0 Å². The van der Waals surface area contributed by atoms with Gasteiger partial charge >= 0.3 is 11.9 Å². The molecule has 3 rings (SSSR count). The van der Waals surface area contributed by atoms with Gasteiger partial charge in [0.05, 0.1) is 18.9 Å². The van der Waals surface area contributed by atoms with E-state index >= 15 is 0 Å². The Morgan fingerprint density at radius 2 is 2.10 bits per heavy atom. The first-order valence-electron chi connectivity index (χ1n) is 7.28. The van der Waals surface area contributed by atoms with Crippen molar-refractivity contribution in [2.45, 2.75) is 45.2 Å². The molecule has 112 valence electrons. The maximum atomic E-state index is 11.9. The zero-order valence-electron chi connectivity index (χ0n) is 11.7. The monoisotopic (exact) mass is 284 g/mol. The van der Waals surface area contributed by atoms with Crippen molar-refractivity contribution < 1.29 is 28.5 Å². The minimum Gasteiger partial charge on any atom is -0.466 e. The maximum absolute atomic E-state index is 11.9. The van der Waals surface area contributed by atoms with E-state index in [1.807, 2.05) is 6.92 Å². The number of fused-ring (bicyclic) bond motifs is 5. The molecule has 1 unspecified atom stereocenters. The van der Waals surface area contributed by atoms with Crippen LogP contribution in [0.3, 0.4) is 0 Å². The van der Waals surface area contributed by atoms with Crippen molar-refractivity contribution in [3.05, 3.63) is 0 Å². The second-order valence-electron chi connectivity index (χ2n) is 5.49. The number of carbonyl (C=O) groups excluding carboxylic acids is 2. The number of ether oxygens (including phenoxy) is 4. The van der Waals surface area contributed by atoms with Crippen LogP contribution in [0.5, 0.6) is 0 Å². The largest absolute Gasteiger partial charge is 0.466 e. The Hall–Kier alpha value is -1.14. The van der Waals surface area contributed by atoms with E-state index in [9.17, 15) is 9.59 Å². The highest BCUT2D eigenvalue weighted by molar-refractivity contribution is 5.79. The average molecular weight is 284 g/mol. The van der Waals surface area contributed by atoms with E-state index in [0.717, 1.165) is 0 Å². The van der Waals surface area contributed by atoms with Gasteiger partial charge in [0.25, 0.3) is 0 Å². The van der Waals surface area contributed by atoms with Crippen LogP contribution in [0, 0.1) is 17.8 Å². The van der Waals surface area contributed by atoms with Crippen molar-refractivity contribution in [2.75, 3.05) is 13.2 Å². The molecule has 0 aromatic rings. The Morgan fingerprint density at radius 3 is 2.80 bits per heavy atom. The van der Waals surface area contributed by atoms with Crippen LogP contribution in [0.1, 0.15) is 26.7 Å². The minimum absolute atomic E-state index is 0.109. The third-order valence-electron chi connectivity index (χ3n) is 4.45. The average Bonchev–Trinajstić information content (AvgIpc) is 2.99. The maximum Gasteiger partial charge on any atom is 0.310 e. The molecule has 0 radical (unpaired) electrons. The summed E-state index contributed by atoms with van der Waals surface area (Å²) in [5.41, 5.74) is 0. The molecule has 3 aliphatic rings. The molecular formula is C14H20O6. The van der Waals surface area contributed by atoms with Gasteiger partial charge in [0.2, 0.25) is 0 Å². The molecule has 1 aliphatic carbocycles. The number of carbonyl (C=O) groups is 2. The highest BCUT2D eigenvalue weighted by atomic mass is 16.7. The van der Waals surface area contributed by atoms with Crippen molar-refractivity contribution in [2.24, 2.45) is 17.8 Å². The molecule has 0 N–H and O–H groups in total. The molecule has 6 atom stereocenters. The Balaban J connectivity index is 1.69. The molecule has 0 spiro atoms. The molecule has 1 saturated carbocycles. The predicted octanol–water partition coefficient (Wildman–Crippen LogP) is 0.879. The molecule has 0 aromatic heterocycles. The van der Waals surface area contributed by atoms with E-state index in [2.05, 4.69) is 0 Å². The molecular weight excluding hydrogens is 264 g/mol. The summed E-state index contributed by atoms with van der Waals surface area (Å²) in [6, 6.07) is 0. The summed E-state index contributed by atoms with van der Waals surface area (Å²) in [5, 5.41) is 0. The topological polar surface area (TPSA) is 71.1 Å². The van der Waals surface area contributed by atoms with E-state index in [1.54, 1.807) is 6.92 Å². The standard InChI is InChI=1S/C14H20O6/c1-3-17-9(15)5-7-11-8-6-10(18-4-2)19-12(8)13(7)20-14(11)16/h7-8,10-13H,3-6H2,1-2H3/t7-,8+,10?,11+,12+,13-/m1/s1. The Morgan fingerprint density at radius 1 is 1.30 bits per heavy atom. The SMILES string of the molecule is CCOC(=O)C[C@H]1[C@H]2OC(=O)[C@@H]1[C@@H]1CC(OCC)O[C@@H]12. The van der Waals surface area contributed by atoms with Crippen LogP contribution in [0.4, 0.5) is 0 Å². The van der Waals surface area contributed by atoms with Crippen molar-refractivity contribution in [3.63, 3.8) is 0 Å². The fourth-order valence-corrected chi connectivity index (χ4v) is 3.79. The smallest absolute Gasteiger partial charge is 0.310 e. The Bertz CT molecular complexity index is 408. The van der Waals surface area contributed by atoms with Gasteiger partial charge in [-0.05, 0) is 13.8 Å². The second kappa shape index (κ2) is 5.33. The normalized spacial score (nSPS) is 41.6. The summed E-state index contributed by atoms with van der Waals surface area (Å²) >= 11 is 0. The Labute approximate surface area is 117 Å². The zero-order valence-corrected chi connectivity index (χ0v) is 11.7. The van der Waals surface area contributed by atoms with Gasteiger partial charge in [-0.15, -0.1) is 0 Å². The van der Waals surface area contributed by atoms with Gasteiger partial charge in [-0.2, -0.15) is 0 Å². The van der Waals surface area contributed by atoms with E-state index in [1.165, 1.54) is 0 Å². The first-order chi connectivity index (χ1) is 9.65. The van der Waals surface area contributed by atoms with Gasteiger partial charge in [-0.3, -0.25) is 9.59 Å². The lowest BCUT2D eigenvalue weighted by Crippen LogP contribution is -2.34. The van der Waals surface area contributed by atoms with Gasteiger partial charge in [0.1, 0.15) is 12.2 Å². The summed E-state index contributed by atoms with van der Waals surface area (Å²) in [7, 11) is 0. The highest BCUT2D eigenvalue weighted by Gasteiger charge is 2.65. The van der Waals surface area contributed by atoms with Crippen molar-refractivity contribution in [1.29, 1.82) is 0 Å². The van der Waals surface area contributed by atoms with Crippen molar-refractivity contribution in [3.8, 4) is 0 Å². The molecule has 2 aliphatic heterocycles. The zero-order chi connectivity index (χ0) is 14.3. The molecule has 0 aromatic carbocycles. The van der Waals surface area contributed by atoms with Crippen LogP contribution < -0.4 is 0 Å². The fourth-order valence-electron chi connectivity index (χ4n) is 3.79. The van der Waals surface area contributed by atoms with Crippen LogP contribution >= 0.6 is 0 Å². The summed E-state index contributed by atoms with van der Waals surface area (Å²) in [5.74, 6) is -0.727. The van der Waals surface area contributed by atoms with Crippen molar-refractivity contribution in [1.82, 2.24) is 0 Å². The van der Waals surface area contributed by atoms with Gasteiger partial charge < -0.3 is 18.9 Å². The molecule has 20 heavy (non-hydrogen) atoms. The first kappa shape index (κ1) is 13.8. The molecule has 2 saturated heterocycles. The van der Waals surface area contributed by atoms with Crippen molar-refractivity contribution >= 4 is 11.9 Å². The lowest BCUT2D eigenvalue weighted by molar-refractivity contribution is -0.174. The summed E-state index contributed by atoms with van der Waals surface area (Å²) < 4.78 is 21.6. The van der Waals surface area contributed by atoms with Crippen LogP contribution in [0.15, 0.2) is 0 Å². The van der Waals surface area contributed by atoms with E-state index < -0.39 is 0 Å². The van der Waals surface area contributed by atoms with E-state index in [4.69, 9.17) is 18.9 Å². The van der Waals surface area contributed by atoms with E-state index in [0.29, 0.717) is 19.6 Å².